The molecule has 3 aromatic rings. The van der Waals surface area contributed by atoms with Crippen molar-refractivity contribution in [2.24, 2.45) is 0 Å². The number of aromatic nitrogens is 2. The number of hydrogen-bond donors (Lipinski definition) is 1. The van der Waals surface area contributed by atoms with Crippen molar-refractivity contribution in [2.45, 2.75) is 19.4 Å². The molecule has 0 saturated carbocycles. The molecular formula is C21H23FN4O. The molecule has 1 aliphatic heterocycles. The van der Waals surface area contributed by atoms with Crippen molar-refractivity contribution in [2.75, 3.05) is 26.2 Å². The average Bonchev–Trinajstić information content (AvgIpc) is 3.12. The van der Waals surface area contributed by atoms with Crippen LogP contribution in [0.5, 0.6) is 0 Å². The van der Waals surface area contributed by atoms with Crippen molar-refractivity contribution in [1.29, 1.82) is 0 Å². The minimum absolute atomic E-state index is 0.0162. The van der Waals surface area contributed by atoms with Crippen LogP contribution in [0.3, 0.4) is 0 Å². The molecule has 2 heterocycles. The van der Waals surface area contributed by atoms with Crippen LogP contribution in [0.1, 0.15) is 23.0 Å². The third kappa shape index (κ3) is 3.71. The lowest BCUT2D eigenvalue weighted by atomic mass is 10.1. The zero-order valence-electron chi connectivity index (χ0n) is 15.4. The lowest BCUT2D eigenvalue weighted by Crippen LogP contribution is -2.54. The number of nitrogens with zero attached hydrogens (tertiary/aromatic N) is 3. The first-order valence-electron chi connectivity index (χ1n) is 9.32. The number of piperazine rings is 1. The van der Waals surface area contributed by atoms with E-state index in [0.717, 1.165) is 36.0 Å². The molecule has 4 rings (SSSR count). The molecule has 1 amide bonds. The molecule has 27 heavy (non-hydrogen) atoms. The van der Waals surface area contributed by atoms with E-state index >= 15 is 0 Å². The van der Waals surface area contributed by atoms with Crippen LogP contribution in [0.2, 0.25) is 0 Å². The highest BCUT2D eigenvalue weighted by atomic mass is 19.1. The average molecular weight is 366 g/mol. The van der Waals surface area contributed by atoms with Crippen LogP contribution >= 0.6 is 0 Å². The molecular weight excluding hydrogens is 343 g/mol. The van der Waals surface area contributed by atoms with Crippen LogP contribution in [0, 0.1) is 5.82 Å². The summed E-state index contributed by atoms with van der Waals surface area (Å²) >= 11 is 0. The third-order valence-electron chi connectivity index (χ3n) is 5.33. The van der Waals surface area contributed by atoms with Gasteiger partial charge in [0.05, 0.1) is 5.52 Å². The topological polar surface area (TPSA) is 52.2 Å². The van der Waals surface area contributed by atoms with Gasteiger partial charge in [-0.1, -0.05) is 30.3 Å². The molecule has 2 aromatic carbocycles. The van der Waals surface area contributed by atoms with E-state index in [4.69, 9.17) is 0 Å². The highest BCUT2D eigenvalue weighted by molar-refractivity contribution is 6.04. The highest BCUT2D eigenvalue weighted by Crippen LogP contribution is 2.19. The quantitative estimate of drug-likeness (QED) is 0.772. The van der Waals surface area contributed by atoms with E-state index in [1.165, 1.54) is 12.1 Å². The molecule has 0 unspecified atom stereocenters. The van der Waals surface area contributed by atoms with E-state index in [1.807, 2.05) is 41.3 Å². The van der Waals surface area contributed by atoms with Gasteiger partial charge in [0, 0.05) is 37.6 Å². The highest BCUT2D eigenvalue weighted by Gasteiger charge is 2.28. The van der Waals surface area contributed by atoms with E-state index < -0.39 is 0 Å². The molecule has 0 spiro atoms. The number of fused-ring (bicyclic) bond motifs is 1. The zero-order valence-corrected chi connectivity index (χ0v) is 15.4. The Morgan fingerprint density at radius 3 is 2.74 bits per heavy atom. The van der Waals surface area contributed by atoms with Crippen LogP contribution in [-0.4, -0.2) is 58.1 Å². The van der Waals surface area contributed by atoms with E-state index in [-0.39, 0.29) is 17.8 Å². The maximum absolute atomic E-state index is 13.0. The van der Waals surface area contributed by atoms with Crippen LogP contribution in [-0.2, 0) is 6.42 Å². The van der Waals surface area contributed by atoms with Crippen molar-refractivity contribution in [3.63, 3.8) is 0 Å². The Kier molecular flexibility index (Phi) is 4.90. The zero-order chi connectivity index (χ0) is 18.8. The number of carbonyl (C=O) groups is 1. The first-order chi connectivity index (χ1) is 13.1. The van der Waals surface area contributed by atoms with Gasteiger partial charge in [-0.3, -0.25) is 14.8 Å². The Hall–Kier alpha value is -2.73. The number of carbonyl (C=O) groups excluding carboxylic acids is 1. The van der Waals surface area contributed by atoms with Gasteiger partial charge in [0.1, 0.15) is 5.82 Å². The summed E-state index contributed by atoms with van der Waals surface area (Å²) < 4.78 is 13.0. The Morgan fingerprint density at radius 2 is 1.96 bits per heavy atom. The van der Waals surface area contributed by atoms with E-state index in [9.17, 15) is 9.18 Å². The number of nitrogens with one attached hydrogen (secondary N) is 1. The maximum atomic E-state index is 13.0. The van der Waals surface area contributed by atoms with Crippen LogP contribution in [0.4, 0.5) is 4.39 Å². The minimum Gasteiger partial charge on any atom is -0.334 e. The summed E-state index contributed by atoms with van der Waals surface area (Å²) in [6.07, 6.45) is 0.878. The first kappa shape index (κ1) is 17.7. The van der Waals surface area contributed by atoms with Gasteiger partial charge in [-0.2, -0.15) is 5.10 Å². The monoisotopic (exact) mass is 366 g/mol. The van der Waals surface area contributed by atoms with Gasteiger partial charge < -0.3 is 4.90 Å². The van der Waals surface area contributed by atoms with Crippen LogP contribution in [0.15, 0.2) is 48.5 Å². The van der Waals surface area contributed by atoms with Gasteiger partial charge in [-0.25, -0.2) is 4.39 Å². The van der Waals surface area contributed by atoms with Gasteiger partial charge in [0.2, 0.25) is 0 Å². The fraction of sp³-hybridized carbons (Fsp3) is 0.333. The fourth-order valence-corrected chi connectivity index (χ4v) is 3.71. The minimum atomic E-state index is -0.204. The molecule has 0 bridgehead atoms. The first-order valence-corrected chi connectivity index (χ1v) is 9.32. The Morgan fingerprint density at radius 1 is 1.19 bits per heavy atom. The molecule has 1 aromatic heterocycles. The molecule has 6 heteroatoms. The third-order valence-corrected chi connectivity index (χ3v) is 5.33. The van der Waals surface area contributed by atoms with Gasteiger partial charge >= 0.3 is 0 Å². The van der Waals surface area contributed by atoms with E-state index in [2.05, 4.69) is 22.0 Å². The molecule has 1 atom stereocenters. The number of benzene rings is 2. The summed E-state index contributed by atoms with van der Waals surface area (Å²) in [4.78, 5) is 17.2. The predicted molar refractivity (Wildman–Crippen MR) is 103 cm³/mol. The number of rotatable bonds is 4. The second-order valence-electron chi connectivity index (χ2n) is 7.13. The fourth-order valence-electron chi connectivity index (χ4n) is 3.71. The van der Waals surface area contributed by atoms with Crippen molar-refractivity contribution < 1.29 is 9.18 Å². The number of H-pyrrole nitrogens is 1. The molecule has 0 aliphatic carbocycles. The van der Waals surface area contributed by atoms with Crippen LogP contribution < -0.4 is 0 Å². The lowest BCUT2D eigenvalue weighted by molar-refractivity contribution is 0.0514. The van der Waals surface area contributed by atoms with Crippen LogP contribution in [0.25, 0.3) is 10.9 Å². The standard InChI is InChI=1S/C21H23FN4O/c1-15-14-26(21(27)20-18-4-2-3-5-19(18)23-24-20)13-12-25(15)11-10-16-6-8-17(22)9-7-16/h2-9,15H,10-14H2,1H3,(H,23,24)/t15-/m1/s1. The van der Waals surface area contributed by atoms with Crippen molar-refractivity contribution in [3.8, 4) is 0 Å². The van der Waals surface area contributed by atoms with Gasteiger partial charge in [-0.05, 0) is 37.1 Å². The summed E-state index contributed by atoms with van der Waals surface area (Å²) in [5.74, 6) is -0.220. The summed E-state index contributed by atoms with van der Waals surface area (Å²) in [5, 5.41) is 8.04. The number of hydrogen-bond acceptors (Lipinski definition) is 3. The predicted octanol–water partition coefficient (Wildman–Crippen LogP) is 3.09. The lowest BCUT2D eigenvalue weighted by Gasteiger charge is -2.39. The normalized spacial score (nSPS) is 18.1. The van der Waals surface area contributed by atoms with E-state index in [1.54, 1.807) is 0 Å². The summed E-state index contributed by atoms with van der Waals surface area (Å²) in [7, 11) is 0. The molecule has 0 radical (unpaired) electrons. The Balaban J connectivity index is 1.38. The number of aromatic amines is 1. The summed E-state index contributed by atoms with van der Waals surface area (Å²) in [6.45, 7) is 5.25. The SMILES string of the molecule is C[C@@H]1CN(C(=O)c2n[nH]c3ccccc23)CCN1CCc1ccc(F)cc1. The number of para-hydroxylation sites is 1. The van der Waals surface area contributed by atoms with Crippen molar-refractivity contribution in [3.05, 3.63) is 65.6 Å². The second kappa shape index (κ2) is 7.48. The largest absolute Gasteiger partial charge is 0.334 e. The Bertz CT molecular complexity index is 937. The number of halogens is 1. The maximum Gasteiger partial charge on any atom is 0.275 e. The summed E-state index contributed by atoms with van der Waals surface area (Å²) in [6, 6.07) is 14.6. The van der Waals surface area contributed by atoms with Gasteiger partial charge in [0.25, 0.3) is 5.91 Å². The molecule has 1 saturated heterocycles. The summed E-state index contributed by atoms with van der Waals surface area (Å²) in [5.41, 5.74) is 2.51. The molecule has 1 N–H and O–H groups in total. The molecule has 1 fully saturated rings. The van der Waals surface area contributed by atoms with E-state index in [0.29, 0.717) is 18.8 Å². The number of amides is 1. The van der Waals surface area contributed by atoms with Crippen molar-refractivity contribution >= 4 is 16.8 Å². The van der Waals surface area contributed by atoms with Crippen molar-refractivity contribution in [1.82, 2.24) is 20.0 Å². The Labute approximate surface area is 157 Å². The molecule has 1 aliphatic rings. The molecule has 140 valence electrons. The molecule has 5 nitrogen and oxygen atoms in total. The second-order valence-corrected chi connectivity index (χ2v) is 7.13. The van der Waals surface area contributed by atoms with Gasteiger partial charge in [-0.15, -0.1) is 0 Å². The van der Waals surface area contributed by atoms with Gasteiger partial charge in [0.15, 0.2) is 5.69 Å². The smallest absolute Gasteiger partial charge is 0.275 e.